The standard InChI is InChI=1S/C12H23N3O3/c1-10(16)14-4-6-15-5-2-3-11(9-15)7-13-8-12(17)18/h11,13H,2-9H2,1H3,(H,14,16)(H,17,18). The fourth-order valence-electron chi connectivity index (χ4n) is 2.29. The maximum atomic E-state index is 10.8. The van der Waals surface area contributed by atoms with Crippen LogP contribution >= 0.6 is 0 Å². The molecular weight excluding hydrogens is 234 g/mol. The van der Waals surface area contributed by atoms with Gasteiger partial charge in [0.2, 0.25) is 5.91 Å². The van der Waals surface area contributed by atoms with E-state index >= 15 is 0 Å². The summed E-state index contributed by atoms with van der Waals surface area (Å²) in [5.74, 6) is -0.296. The van der Waals surface area contributed by atoms with Gasteiger partial charge in [0.05, 0.1) is 6.54 Å². The van der Waals surface area contributed by atoms with Crippen LogP contribution in [0.5, 0.6) is 0 Å². The zero-order valence-corrected chi connectivity index (χ0v) is 10.9. The fraction of sp³-hybridized carbons (Fsp3) is 0.833. The number of rotatable bonds is 7. The maximum Gasteiger partial charge on any atom is 0.317 e. The van der Waals surface area contributed by atoms with Crippen LogP contribution in [0.3, 0.4) is 0 Å². The molecule has 0 aliphatic carbocycles. The van der Waals surface area contributed by atoms with Crippen LogP contribution in [-0.4, -0.2) is 61.2 Å². The molecule has 0 aromatic heterocycles. The van der Waals surface area contributed by atoms with Crippen molar-refractivity contribution >= 4 is 11.9 Å². The quantitative estimate of drug-likeness (QED) is 0.573. The molecule has 0 aromatic rings. The van der Waals surface area contributed by atoms with Crippen molar-refractivity contribution < 1.29 is 14.7 Å². The van der Waals surface area contributed by atoms with E-state index < -0.39 is 5.97 Å². The maximum absolute atomic E-state index is 10.8. The number of carbonyl (C=O) groups excluding carboxylic acids is 1. The molecule has 1 saturated heterocycles. The molecule has 18 heavy (non-hydrogen) atoms. The molecule has 0 bridgehead atoms. The van der Waals surface area contributed by atoms with E-state index in [9.17, 15) is 9.59 Å². The second-order valence-corrected chi connectivity index (χ2v) is 4.82. The normalized spacial score (nSPS) is 20.6. The average Bonchev–Trinajstić information content (AvgIpc) is 2.28. The molecule has 1 aliphatic rings. The summed E-state index contributed by atoms with van der Waals surface area (Å²) in [6, 6.07) is 0. The minimum atomic E-state index is -0.812. The lowest BCUT2D eigenvalue weighted by atomic mass is 9.98. The Morgan fingerprint density at radius 1 is 1.44 bits per heavy atom. The van der Waals surface area contributed by atoms with E-state index in [0.29, 0.717) is 12.5 Å². The molecule has 104 valence electrons. The molecule has 0 aromatic carbocycles. The highest BCUT2D eigenvalue weighted by atomic mass is 16.4. The zero-order chi connectivity index (χ0) is 13.4. The molecule has 1 amide bonds. The largest absolute Gasteiger partial charge is 0.480 e. The lowest BCUT2D eigenvalue weighted by Crippen LogP contribution is -2.43. The molecule has 0 saturated carbocycles. The third-order valence-corrected chi connectivity index (χ3v) is 3.11. The number of carboxylic acids is 1. The lowest BCUT2D eigenvalue weighted by molar-refractivity contribution is -0.136. The Kier molecular flexibility index (Phi) is 6.67. The number of amides is 1. The summed E-state index contributed by atoms with van der Waals surface area (Å²) < 4.78 is 0. The number of hydrogen-bond donors (Lipinski definition) is 3. The minimum absolute atomic E-state index is 0.00619. The number of carboxylic acid groups (broad SMARTS) is 1. The second-order valence-electron chi connectivity index (χ2n) is 4.82. The average molecular weight is 257 g/mol. The highest BCUT2D eigenvalue weighted by Gasteiger charge is 2.19. The predicted octanol–water partition coefficient (Wildman–Crippen LogP) is -0.491. The Hall–Kier alpha value is -1.14. The summed E-state index contributed by atoms with van der Waals surface area (Å²) in [7, 11) is 0. The Bertz CT molecular complexity index is 258. The lowest BCUT2D eigenvalue weighted by Gasteiger charge is -2.32. The summed E-state index contributed by atoms with van der Waals surface area (Å²) in [6.07, 6.45) is 2.28. The smallest absolute Gasteiger partial charge is 0.317 e. The molecule has 6 heteroatoms. The molecule has 1 heterocycles. The Labute approximate surface area is 108 Å². The van der Waals surface area contributed by atoms with E-state index in [1.165, 1.54) is 6.92 Å². The van der Waals surface area contributed by atoms with Crippen molar-refractivity contribution in [2.45, 2.75) is 19.8 Å². The third kappa shape index (κ3) is 6.56. The fourth-order valence-corrected chi connectivity index (χ4v) is 2.29. The van der Waals surface area contributed by atoms with Gasteiger partial charge in [0.25, 0.3) is 0 Å². The third-order valence-electron chi connectivity index (χ3n) is 3.11. The van der Waals surface area contributed by atoms with Crippen LogP contribution in [0.2, 0.25) is 0 Å². The van der Waals surface area contributed by atoms with Gasteiger partial charge in [-0.15, -0.1) is 0 Å². The van der Waals surface area contributed by atoms with E-state index in [-0.39, 0.29) is 12.5 Å². The van der Waals surface area contributed by atoms with Crippen LogP contribution in [0.4, 0.5) is 0 Å². The first-order valence-electron chi connectivity index (χ1n) is 6.47. The van der Waals surface area contributed by atoms with Crippen LogP contribution in [0.25, 0.3) is 0 Å². The summed E-state index contributed by atoms with van der Waals surface area (Å²) in [6.45, 7) is 5.90. The number of hydrogen-bond acceptors (Lipinski definition) is 4. The van der Waals surface area contributed by atoms with Gasteiger partial charge in [0, 0.05) is 26.6 Å². The number of likely N-dealkylation sites (tertiary alicyclic amines) is 1. The Morgan fingerprint density at radius 3 is 2.89 bits per heavy atom. The van der Waals surface area contributed by atoms with Gasteiger partial charge in [-0.3, -0.25) is 9.59 Å². The molecule has 1 atom stereocenters. The van der Waals surface area contributed by atoms with Gasteiger partial charge in [0.15, 0.2) is 0 Å². The molecule has 1 aliphatic heterocycles. The Balaban J connectivity index is 2.15. The van der Waals surface area contributed by atoms with E-state index in [4.69, 9.17) is 5.11 Å². The summed E-state index contributed by atoms with van der Waals surface area (Å²) in [5, 5.41) is 14.3. The monoisotopic (exact) mass is 257 g/mol. The molecule has 3 N–H and O–H groups in total. The first-order valence-corrected chi connectivity index (χ1v) is 6.47. The molecule has 0 radical (unpaired) electrons. The van der Waals surface area contributed by atoms with Gasteiger partial charge in [-0.2, -0.15) is 0 Å². The van der Waals surface area contributed by atoms with Gasteiger partial charge >= 0.3 is 5.97 Å². The van der Waals surface area contributed by atoms with Crippen molar-refractivity contribution in [1.82, 2.24) is 15.5 Å². The Morgan fingerprint density at radius 2 is 2.22 bits per heavy atom. The van der Waals surface area contributed by atoms with Gasteiger partial charge in [-0.1, -0.05) is 0 Å². The van der Waals surface area contributed by atoms with E-state index in [0.717, 1.165) is 39.0 Å². The number of carbonyl (C=O) groups is 2. The van der Waals surface area contributed by atoms with Crippen LogP contribution in [0.15, 0.2) is 0 Å². The number of nitrogens with one attached hydrogen (secondary N) is 2. The van der Waals surface area contributed by atoms with Crippen molar-refractivity contribution in [3.63, 3.8) is 0 Å². The number of aliphatic carboxylic acids is 1. The molecule has 1 unspecified atom stereocenters. The first-order chi connectivity index (χ1) is 8.58. The van der Waals surface area contributed by atoms with E-state index in [1.807, 2.05) is 0 Å². The predicted molar refractivity (Wildman–Crippen MR) is 68.4 cm³/mol. The second kappa shape index (κ2) is 8.05. The summed E-state index contributed by atoms with van der Waals surface area (Å²) >= 11 is 0. The highest BCUT2D eigenvalue weighted by Crippen LogP contribution is 2.14. The summed E-state index contributed by atoms with van der Waals surface area (Å²) in [4.78, 5) is 23.5. The van der Waals surface area contributed by atoms with Crippen molar-refractivity contribution in [2.24, 2.45) is 5.92 Å². The van der Waals surface area contributed by atoms with Gasteiger partial charge < -0.3 is 20.6 Å². The van der Waals surface area contributed by atoms with Crippen LogP contribution in [-0.2, 0) is 9.59 Å². The molecule has 1 rings (SSSR count). The molecular formula is C12H23N3O3. The van der Waals surface area contributed by atoms with Crippen LogP contribution in [0.1, 0.15) is 19.8 Å². The van der Waals surface area contributed by atoms with Crippen molar-refractivity contribution in [3.05, 3.63) is 0 Å². The summed E-state index contributed by atoms with van der Waals surface area (Å²) in [5.41, 5.74) is 0. The molecule has 6 nitrogen and oxygen atoms in total. The van der Waals surface area contributed by atoms with Crippen LogP contribution < -0.4 is 10.6 Å². The van der Waals surface area contributed by atoms with Gasteiger partial charge in [0.1, 0.15) is 0 Å². The topological polar surface area (TPSA) is 81.7 Å². The van der Waals surface area contributed by atoms with Gasteiger partial charge in [-0.25, -0.2) is 0 Å². The van der Waals surface area contributed by atoms with Crippen molar-refractivity contribution in [1.29, 1.82) is 0 Å². The number of piperidine rings is 1. The van der Waals surface area contributed by atoms with Gasteiger partial charge in [-0.05, 0) is 31.8 Å². The van der Waals surface area contributed by atoms with Crippen molar-refractivity contribution in [2.75, 3.05) is 39.3 Å². The SMILES string of the molecule is CC(=O)NCCN1CCCC(CNCC(=O)O)C1. The zero-order valence-electron chi connectivity index (χ0n) is 10.9. The highest BCUT2D eigenvalue weighted by molar-refractivity contribution is 5.72. The van der Waals surface area contributed by atoms with E-state index in [1.54, 1.807) is 0 Å². The number of nitrogens with zero attached hydrogens (tertiary/aromatic N) is 1. The minimum Gasteiger partial charge on any atom is -0.480 e. The molecule has 0 spiro atoms. The van der Waals surface area contributed by atoms with Crippen molar-refractivity contribution in [3.8, 4) is 0 Å². The first kappa shape index (κ1) is 14.9. The molecule has 1 fully saturated rings. The van der Waals surface area contributed by atoms with Crippen LogP contribution in [0, 0.1) is 5.92 Å². The van der Waals surface area contributed by atoms with E-state index in [2.05, 4.69) is 15.5 Å².